The zero-order valence-electron chi connectivity index (χ0n) is 8.45. The summed E-state index contributed by atoms with van der Waals surface area (Å²) in [4.78, 5) is 26.1. The maximum Gasteiger partial charge on any atom is 0.345 e. The average Bonchev–Trinajstić information content (AvgIpc) is 2.88. The number of nitrogens with one attached hydrogen (secondary N) is 1. The summed E-state index contributed by atoms with van der Waals surface area (Å²) in [5.41, 5.74) is 0. The third-order valence-corrected chi connectivity index (χ3v) is 3.58. The molecule has 0 aliphatic carbocycles. The number of rotatable bonds is 4. The summed E-state index contributed by atoms with van der Waals surface area (Å²) in [5.74, 6) is -0.225. The van der Waals surface area contributed by atoms with Crippen LogP contribution in [0.15, 0.2) is 23.7 Å². The van der Waals surface area contributed by atoms with Crippen molar-refractivity contribution in [3.63, 3.8) is 0 Å². The fourth-order valence-corrected chi connectivity index (χ4v) is 2.49. The van der Waals surface area contributed by atoms with E-state index < -0.39 is 4.92 Å². The lowest BCUT2D eigenvalue weighted by molar-refractivity contribution is -0.380. The van der Waals surface area contributed by atoms with Crippen LogP contribution in [0.1, 0.15) is 4.88 Å². The van der Waals surface area contributed by atoms with Crippen molar-refractivity contribution in [2.75, 3.05) is 5.32 Å². The van der Waals surface area contributed by atoms with E-state index in [1.807, 2.05) is 17.5 Å². The lowest BCUT2D eigenvalue weighted by Gasteiger charge is -1.98. The van der Waals surface area contributed by atoms with Crippen LogP contribution in [0.2, 0.25) is 0 Å². The fraction of sp³-hybridized carbons (Fsp3) is 0.111. The van der Waals surface area contributed by atoms with E-state index in [0.717, 1.165) is 22.4 Å². The number of hydrogen-bond donors (Lipinski definition) is 1. The molecule has 0 radical (unpaired) electrons. The molecule has 2 aromatic rings. The van der Waals surface area contributed by atoms with Gasteiger partial charge in [0.05, 0.1) is 11.3 Å². The second-order valence-electron chi connectivity index (χ2n) is 3.07. The number of thiophene rings is 1. The molecule has 6 nitrogen and oxygen atoms in total. The predicted molar refractivity (Wildman–Crippen MR) is 65.4 cm³/mol. The van der Waals surface area contributed by atoms with Gasteiger partial charge in [0, 0.05) is 4.88 Å². The Labute approximate surface area is 104 Å². The quantitative estimate of drug-likeness (QED) is 0.681. The van der Waals surface area contributed by atoms with Crippen molar-refractivity contribution in [2.45, 2.75) is 6.42 Å². The molecular formula is C9H7N3O3S2. The molecular weight excluding hydrogens is 262 g/mol. The standard InChI is InChI=1S/C9H7N3O3S2/c13-7(4-6-2-1-3-16-6)11-9-10-5-8(17-9)12(14)15/h1-3,5H,4H2,(H,10,11,13). The highest BCUT2D eigenvalue weighted by Gasteiger charge is 2.13. The summed E-state index contributed by atoms with van der Waals surface area (Å²) in [6, 6.07) is 3.72. The van der Waals surface area contributed by atoms with Crippen LogP contribution in [-0.4, -0.2) is 15.8 Å². The van der Waals surface area contributed by atoms with Crippen LogP contribution in [-0.2, 0) is 11.2 Å². The highest BCUT2D eigenvalue weighted by Crippen LogP contribution is 2.25. The van der Waals surface area contributed by atoms with E-state index in [-0.39, 0.29) is 22.5 Å². The Bertz CT molecular complexity index is 535. The molecule has 1 amide bonds. The lowest BCUT2D eigenvalue weighted by Crippen LogP contribution is -2.13. The first-order valence-electron chi connectivity index (χ1n) is 4.57. The summed E-state index contributed by atoms with van der Waals surface area (Å²) in [6.45, 7) is 0. The van der Waals surface area contributed by atoms with Crippen LogP contribution in [0.4, 0.5) is 10.1 Å². The average molecular weight is 269 g/mol. The number of nitro groups is 1. The number of amides is 1. The van der Waals surface area contributed by atoms with E-state index in [0.29, 0.717) is 0 Å². The molecule has 0 bridgehead atoms. The number of carbonyl (C=O) groups is 1. The SMILES string of the molecule is O=C(Cc1cccs1)Nc1ncc([N+](=O)[O-])s1. The molecule has 0 fully saturated rings. The Morgan fingerprint density at radius 3 is 3.00 bits per heavy atom. The maximum atomic E-state index is 11.6. The van der Waals surface area contributed by atoms with E-state index in [2.05, 4.69) is 10.3 Å². The van der Waals surface area contributed by atoms with E-state index in [1.165, 1.54) is 11.3 Å². The largest absolute Gasteiger partial charge is 0.345 e. The summed E-state index contributed by atoms with van der Waals surface area (Å²) in [5, 5.41) is 15.0. The lowest BCUT2D eigenvalue weighted by atomic mass is 10.3. The summed E-state index contributed by atoms with van der Waals surface area (Å²) in [6.07, 6.45) is 1.39. The van der Waals surface area contributed by atoms with Gasteiger partial charge in [-0.15, -0.1) is 11.3 Å². The number of thiazole rings is 1. The number of nitrogens with zero attached hydrogens (tertiary/aromatic N) is 2. The summed E-state index contributed by atoms with van der Waals surface area (Å²) in [7, 11) is 0. The molecule has 8 heteroatoms. The third-order valence-electron chi connectivity index (χ3n) is 1.83. The minimum absolute atomic E-state index is 0.0866. The molecule has 2 rings (SSSR count). The van der Waals surface area contributed by atoms with Gasteiger partial charge in [0.2, 0.25) is 5.91 Å². The Hall–Kier alpha value is -1.80. The van der Waals surface area contributed by atoms with Crippen molar-refractivity contribution in [1.82, 2.24) is 4.98 Å². The molecule has 0 saturated heterocycles. The molecule has 0 spiro atoms. The van der Waals surface area contributed by atoms with Gasteiger partial charge in [-0.25, -0.2) is 4.98 Å². The molecule has 88 valence electrons. The van der Waals surface area contributed by atoms with Gasteiger partial charge in [0.25, 0.3) is 0 Å². The predicted octanol–water partition coefficient (Wildman–Crippen LogP) is 2.29. The Morgan fingerprint density at radius 2 is 2.41 bits per heavy atom. The van der Waals surface area contributed by atoms with Crippen LogP contribution in [0.5, 0.6) is 0 Å². The number of aromatic nitrogens is 1. The van der Waals surface area contributed by atoms with Crippen molar-refractivity contribution in [2.24, 2.45) is 0 Å². The van der Waals surface area contributed by atoms with Crippen molar-refractivity contribution in [1.29, 1.82) is 0 Å². The van der Waals surface area contributed by atoms with Crippen molar-refractivity contribution in [3.05, 3.63) is 38.7 Å². The highest BCUT2D eigenvalue weighted by molar-refractivity contribution is 7.18. The normalized spacial score (nSPS) is 10.1. The van der Waals surface area contributed by atoms with Gasteiger partial charge in [-0.3, -0.25) is 14.9 Å². The molecule has 1 N–H and O–H groups in total. The Morgan fingerprint density at radius 1 is 1.59 bits per heavy atom. The van der Waals surface area contributed by atoms with Gasteiger partial charge in [0.15, 0.2) is 5.13 Å². The van der Waals surface area contributed by atoms with Crippen molar-refractivity contribution < 1.29 is 9.72 Å². The first kappa shape index (κ1) is 11.7. The van der Waals surface area contributed by atoms with Crippen LogP contribution in [0.3, 0.4) is 0 Å². The minimum Gasteiger partial charge on any atom is -0.301 e. The van der Waals surface area contributed by atoms with E-state index in [1.54, 1.807) is 0 Å². The Balaban J connectivity index is 1.96. The number of hydrogen-bond acceptors (Lipinski definition) is 6. The van der Waals surface area contributed by atoms with E-state index in [9.17, 15) is 14.9 Å². The van der Waals surface area contributed by atoms with Gasteiger partial charge in [-0.1, -0.05) is 6.07 Å². The van der Waals surface area contributed by atoms with Gasteiger partial charge >= 0.3 is 5.00 Å². The van der Waals surface area contributed by atoms with Crippen LogP contribution >= 0.6 is 22.7 Å². The molecule has 0 unspecified atom stereocenters. The first-order chi connectivity index (χ1) is 8.15. The third kappa shape index (κ3) is 3.08. The van der Waals surface area contributed by atoms with Crippen molar-refractivity contribution in [3.8, 4) is 0 Å². The molecule has 17 heavy (non-hydrogen) atoms. The smallest absolute Gasteiger partial charge is 0.301 e. The molecule has 0 saturated carbocycles. The van der Waals surface area contributed by atoms with Gasteiger partial charge < -0.3 is 5.32 Å². The van der Waals surface area contributed by atoms with Crippen molar-refractivity contribution >= 4 is 38.7 Å². The summed E-state index contributed by atoms with van der Waals surface area (Å²) >= 11 is 2.33. The van der Waals surface area contributed by atoms with Crippen LogP contribution in [0, 0.1) is 10.1 Å². The molecule has 0 aliphatic rings. The first-order valence-corrected chi connectivity index (χ1v) is 6.27. The molecule has 0 aliphatic heterocycles. The zero-order chi connectivity index (χ0) is 12.3. The van der Waals surface area contributed by atoms with Crippen LogP contribution in [0.25, 0.3) is 0 Å². The number of anilines is 1. The highest BCUT2D eigenvalue weighted by atomic mass is 32.1. The van der Waals surface area contributed by atoms with Gasteiger partial charge in [-0.05, 0) is 22.8 Å². The number of carbonyl (C=O) groups excluding carboxylic acids is 1. The van der Waals surface area contributed by atoms with E-state index >= 15 is 0 Å². The minimum atomic E-state index is -0.535. The topological polar surface area (TPSA) is 85.1 Å². The maximum absolute atomic E-state index is 11.6. The van der Waals surface area contributed by atoms with Crippen LogP contribution < -0.4 is 5.32 Å². The fourth-order valence-electron chi connectivity index (χ4n) is 1.14. The second-order valence-corrected chi connectivity index (χ2v) is 5.11. The van der Waals surface area contributed by atoms with Gasteiger partial charge in [-0.2, -0.15) is 0 Å². The molecule has 0 aromatic carbocycles. The summed E-state index contributed by atoms with van der Waals surface area (Å²) < 4.78 is 0. The molecule has 0 atom stereocenters. The second kappa shape index (κ2) is 5.02. The molecule has 2 heterocycles. The zero-order valence-corrected chi connectivity index (χ0v) is 10.1. The molecule has 2 aromatic heterocycles. The monoisotopic (exact) mass is 269 g/mol. The van der Waals surface area contributed by atoms with E-state index in [4.69, 9.17) is 0 Å². The Kier molecular flexibility index (Phi) is 3.45. The van der Waals surface area contributed by atoms with Gasteiger partial charge in [0.1, 0.15) is 6.20 Å².